The number of carbonyl (C=O) groups is 1. The number of ether oxygens (including phenoxy) is 2. The van der Waals surface area contributed by atoms with E-state index >= 15 is 0 Å². The highest BCUT2D eigenvalue weighted by atomic mass is 16.6. The minimum absolute atomic E-state index is 0.0810. The van der Waals surface area contributed by atoms with Crippen molar-refractivity contribution in [1.82, 2.24) is 0 Å². The van der Waals surface area contributed by atoms with Crippen LogP contribution in [0.3, 0.4) is 0 Å². The van der Waals surface area contributed by atoms with Crippen molar-refractivity contribution in [3.05, 3.63) is 0 Å². The molecule has 0 saturated carbocycles. The lowest BCUT2D eigenvalue weighted by molar-refractivity contribution is -0.136. The van der Waals surface area contributed by atoms with E-state index in [1.54, 1.807) is 0 Å². The molecule has 11 heavy (non-hydrogen) atoms. The van der Waals surface area contributed by atoms with Gasteiger partial charge in [-0.2, -0.15) is 0 Å². The minimum Gasteiger partial charge on any atom is -0.367 e. The van der Waals surface area contributed by atoms with Crippen LogP contribution in [-0.2, 0) is 14.3 Å². The highest BCUT2D eigenvalue weighted by molar-refractivity contribution is 5.90. The highest BCUT2D eigenvalue weighted by Gasteiger charge is 2.52. The normalized spacial score (nSPS) is 42.5. The van der Waals surface area contributed by atoms with Crippen LogP contribution in [0.5, 0.6) is 0 Å². The van der Waals surface area contributed by atoms with Gasteiger partial charge in [0, 0.05) is 0 Å². The van der Waals surface area contributed by atoms with E-state index in [2.05, 4.69) is 0 Å². The Kier molecular flexibility index (Phi) is 1.51. The summed E-state index contributed by atoms with van der Waals surface area (Å²) in [5.74, 6) is 0.406. The number of ketones is 1. The van der Waals surface area contributed by atoms with Gasteiger partial charge in [0.1, 0.15) is 18.3 Å². The summed E-state index contributed by atoms with van der Waals surface area (Å²) in [7, 11) is 0. The Morgan fingerprint density at radius 3 is 2.91 bits per heavy atom. The average Bonchev–Trinajstić information content (AvgIpc) is 2.66. The predicted molar refractivity (Wildman–Crippen MR) is 38.2 cm³/mol. The van der Waals surface area contributed by atoms with E-state index in [1.165, 1.54) is 0 Å². The van der Waals surface area contributed by atoms with Crippen LogP contribution in [0, 0.1) is 5.92 Å². The number of epoxide rings is 1. The Labute approximate surface area is 65.7 Å². The topological polar surface area (TPSA) is 38.8 Å². The van der Waals surface area contributed by atoms with E-state index in [9.17, 15) is 4.79 Å². The van der Waals surface area contributed by atoms with Gasteiger partial charge in [-0.05, 0) is 5.92 Å². The third-order valence-electron chi connectivity index (χ3n) is 2.19. The van der Waals surface area contributed by atoms with Gasteiger partial charge in [0.25, 0.3) is 0 Å². The molecule has 0 aromatic rings. The summed E-state index contributed by atoms with van der Waals surface area (Å²) in [5.41, 5.74) is 0. The van der Waals surface area contributed by atoms with Gasteiger partial charge in [-0.1, -0.05) is 13.8 Å². The number of Topliss-reactive ketones (excluding diaryl/α,β-unsaturated/α-hetero) is 1. The lowest BCUT2D eigenvalue weighted by Gasteiger charge is -2.21. The van der Waals surface area contributed by atoms with E-state index in [0.29, 0.717) is 6.61 Å². The van der Waals surface area contributed by atoms with Crippen LogP contribution >= 0.6 is 0 Å². The van der Waals surface area contributed by atoms with Crippen molar-refractivity contribution in [1.29, 1.82) is 0 Å². The number of fused-ring (bicyclic) bond motifs is 1. The van der Waals surface area contributed by atoms with Crippen molar-refractivity contribution in [3.63, 3.8) is 0 Å². The molecule has 0 spiro atoms. The predicted octanol–water partition coefficient (Wildman–Crippen LogP) is 0.378. The third kappa shape index (κ3) is 1.08. The van der Waals surface area contributed by atoms with E-state index in [1.807, 2.05) is 13.8 Å². The quantitative estimate of drug-likeness (QED) is 0.515. The smallest absolute Gasteiger partial charge is 0.193 e. The molecule has 2 fully saturated rings. The molecule has 0 N–H and O–H groups in total. The number of hydrogen-bond acceptors (Lipinski definition) is 3. The standard InChI is InChI=1S/C8H12O3/c1-4(2)7-6(9)8-5(11-8)3-10-7/h4-5,7-8H,3H2,1-2H3. The number of carbonyl (C=O) groups excluding carboxylic acids is 1. The molecule has 0 radical (unpaired) electrons. The van der Waals surface area contributed by atoms with Crippen molar-refractivity contribution in [2.45, 2.75) is 32.2 Å². The molecule has 2 aliphatic rings. The summed E-state index contributed by atoms with van der Waals surface area (Å²) in [6.45, 7) is 4.58. The van der Waals surface area contributed by atoms with Crippen LogP contribution in [0.1, 0.15) is 13.8 Å². The second kappa shape index (κ2) is 2.29. The SMILES string of the molecule is CC(C)C1OCC2OC2C1=O. The zero-order valence-corrected chi connectivity index (χ0v) is 6.74. The first-order chi connectivity index (χ1) is 5.20. The molecule has 62 valence electrons. The van der Waals surface area contributed by atoms with Crippen molar-refractivity contribution < 1.29 is 14.3 Å². The molecule has 0 bridgehead atoms. The van der Waals surface area contributed by atoms with Gasteiger partial charge in [0.15, 0.2) is 5.78 Å². The second-order valence-electron chi connectivity index (χ2n) is 3.50. The molecule has 0 aromatic heterocycles. The fourth-order valence-electron chi connectivity index (χ4n) is 1.48. The zero-order valence-electron chi connectivity index (χ0n) is 6.74. The minimum atomic E-state index is -0.223. The Hall–Kier alpha value is -0.410. The number of hydrogen-bond donors (Lipinski definition) is 0. The largest absolute Gasteiger partial charge is 0.367 e. The van der Waals surface area contributed by atoms with Gasteiger partial charge in [-0.25, -0.2) is 0 Å². The van der Waals surface area contributed by atoms with E-state index < -0.39 is 0 Å². The zero-order chi connectivity index (χ0) is 8.01. The van der Waals surface area contributed by atoms with Crippen molar-refractivity contribution in [3.8, 4) is 0 Å². The van der Waals surface area contributed by atoms with E-state index in [0.717, 1.165) is 0 Å². The van der Waals surface area contributed by atoms with Gasteiger partial charge in [-0.15, -0.1) is 0 Å². The van der Waals surface area contributed by atoms with Crippen LogP contribution in [-0.4, -0.2) is 30.7 Å². The summed E-state index contributed by atoms with van der Waals surface area (Å²) in [5, 5.41) is 0. The van der Waals surface area contributed by atoms with Gasteiger partial charge in [0.2, 0.25) is 0 Å². The molecule has 2 saturated heterocycles. The molecule has 3 nitrogen and oxygen atoms in total. The Morgan fingerprint density at radius 2 is 2.27 bits per heavy atom. The van der Waals surface area contributed by atoms with Crippen LogP contribution in [0.4, 0.5) is 0 Å². The maximum Gasteiger partial charge on any atom is 0.193 e. The van der Waals surface area contributed by atoms with Crippen LogP contribution in [0.25, 0.3) is 0 Å². The molecule has 2 aliphatic heterocycles. The Bertz CT molecular complexity index is 188. The lowest BCUT2D eigenvalue weighted by atomic mass is 9.98. The fourth-order valence-corrected chi connectivity index (χ4v) is 1.48. The maximum atomic E-state index is 11.4. The summed E-state index contributed by atoms with van der Waals surface area (Å²) in [4.78, 5) is 11.4. The molecule has 3 heteroatoms. The molecule has 2 heterocycles. The summed E-state index contributed by atoms with van der Waals surface area (Å²) in [6, 6.07) is 0. The average molecular weight is 156 g/mol. The van der Waals surface area contributed by atoms with Crippen molar-refractivity contribution in [2.24, 2.45) is 5.92 Å². The summed E-state index contributed by atoms with van der Waals surface area (Å²) in [6.07, 6.45) is -0.271. The van der Waals surface area contributed by atoms with Crippen molar-refractivity contribution >= 4 is 5.78 Å². The van der Waals surface area contributed by atoms with Crippen molar-refractivity contribution in [2.75, 3.05) is 6.61 Å². The van der Waals surface area contributed by atoms with E-state index in [4.69, 9.17) is 9.47 Å². The molecular formula is C8H12O3. The Morgan fingerprint density at radius 1 is 1.55 bits per heavy atom. The molecule has 0 aliphatic carbocycles. The van der Waals surface area contributed by atoms with E-state index in [-0.39, 0.29) is 30.0 Å². The lowest BCUT2D eigenvalue weighted by Crippen LogP contribution is -2.39. The first-order valence-electron chi connectivity index (χ1n) is 4.01. The van der Waals surface area contributed by atoms with Gasteiger partial charge in [-0.3, -0.25) is 4.79 Å². The molecule has 0 amide bonds. The maximum absolute atomic E-state index is 11.4. The molecule has 3 atom stereocenters. The summed E-state index contributed by atoms with van der Waals surface area (Å²) >= 11 is 0. The second-order valence-corrected chi connectivity index (χ2v) is 3.50. The van der Waals surface area contributed by atoms with Crippen LogP contribution < -0.4 is 0 Å². The third-order valence-corrected chi connectivity index (χ3v) is 2.19. The van der Waals surface area contributed by atoms with Gasteiger partial charge >= 0.3 is 0 Å². The summed E-state index contributed by atoms with van der Waals surface area (Å²) < 4.78 is 10.4. The van der Waals surface area contributed by atoms with Crippen LogP contribution in [0.15, 0.2) is 0 Å². The molecule has 0 aromatic carbocycles. The fraction of sp³-hybridized carbons (Fsp3) is 0.875. The van der Waals surface area contributed by atoms with Crippen LogP contribution in [0.2, 0.25) is 0 Å². The first-order valence-corrected chi connectivity index (χ1v) is 4.01. The van der Waals surface area contributed by atoms with Gasteiger partial charge < -0.3 is 9.47 Å². The van der Waals surface area contributed by atoms with Gasteiger partial charge in [0.05, 0.1) is 6.61 Å². The Balaban J connectivity index is 2.05. The highest BCUT2D eigenvalue weighted by Crippen LogP contribution is 2.31. The number of rotatable bonds is 1. The monoisotopic (exact) mass is 156 g/mol. The first kappa shape index (κ1) is 7.25. The molecule has 2 rings (SSSR count). The molecular weight excluding hydrogens is 144 g/mol. The molecule has 3 unspecified atom stereocenters.